The predicted octanol–water partition coefficient (Wildman–Crippen LogP) is 2.96. The quantitative estimate of drug-likeness (QED) is 0.499. The van der Waals surface area contributed by atoms with Crippen LogP contribution < -0.4 is 15.1 Å². The van der Waals surface area contributed by atoms with Gasteiger partial charge in [0.1, 0.15) is 11.3 Å². The number of anilines is 2. The molecule has 0 saturated carbocycles. The van der Waals surface area contributed by atoms with Crippen LogP contribution in [0, 0.1) is 0 Å². The van der Waals surface area contributed by atoms with Gasteiger partial charge in [-0.15, -0.1) is 0 Å². The van der Waals surface area contributed by atoms with Gasteiger partial charge < -0.3 is 9.32 Å². The van der Waals surface area contributed by atoms with Crippen LogP contribution >= 0.6 is 12.2 Å². The number of benzene rings is 1. The minimum absolute atomic E-state index is 0.0251. The number of thiocarbonyl (C=S) groups is 1. The highest BCUT2D eigenvalue weighted by molar-refractivity contribution is 7.80. The molecule has 1 fully saturated rings. The summed E-state index contributed by atoms with van der Waals surface area (Å²) in [6.45, 7) is 5.66. The Morgan fingerprint density at radius 2 is 1.81 bits per heavy atom. The Labute approximate surface area is 157 Å². The van der Waals surface area contributed by atoms with Gasteiger partial charge >= 0.3 is 0 Å². The molecule has 7 heteroatoms. The first-order chi connectivity index (χ1) is 12.5. The Balaban J connectivity index is 1.93. The van der Waals surface area contributed by atoms with Gasteiger partial charge in [-0.05, 0) is 50.3 Å². The first-order valence-corrected chi connectivity index (χ1v) is 8.77. The van der Waals surface area contributed by atoms with E-state index in [2.05, 4.69) is 5.32 Å². The minimum Gasteiger partial charge on any atom is -0.441 e. The highest BCUT2D eigenvalue weighted by Crippen LogP contribution is 2.24. The summed E-state index contributed by atoms with van der Waals surface area (Å²) in [6, 6.07) is 12.5. The zero-order valence-electron chi connectivity index (χ0n) is 14.6. The lowest BCUT2D eigenvalue weighted by molar-refractivity contribution is -0.122. The number of hydrogen-bond donors (Lipinski definition) is 1. The van der Waals surface area contributed by atoms with E-state index in [4.69, 9.17) is 16.6 Å². The summed E-state index contributed by atoms with van der Waals surface area (Å²) >= 11 is 5.17. The Morgan fingerprint density at radius 1 is 1.12 bits per heavy atom. The Bertz CT molecular complexity index is 869. The summed E-state index contributed by atoms with van der Waals surface area (Å²) in [7, 11) is 0. The SMILES string of the molecule is CCN(CC)c1ccc(/C=C2\C(=O)NC(=S)N(c3ccccc3)C2=O)o1. The zero-order chi connectivity index (χ0) is 18.7. The normalized spacial score (nSPS) is 16.2. The van der Waals surface area contributed by atoms with E-state index < -0.39 is 11.8 Å². The van der Waals surface area contributed by atoms with Gasteiger partial charge in [-0.3, -0.25) is 19.8 Å². The van der Waals surface area contributed by atoms with Crippen molar-refractivity contribution in [3.8, 4) is 0 Å². The molecule has 1 N–H and O–H groups in total. The number of para-hydroxylation sites is 1. The summed E-state index contributed by atoms with van der Waals surface area (Å²) in [4.78, 5) is 28.5. The smallest absolute Gasteiger partial charge is 0.270 e. The van der Waals surface area contributed by atoms with Crippen LogP contribution in [0.2, 0.25) is 0 Å². The summed E-state index contributed by atoms with van der Waals surface area (Å²) in [5, 5.41) is 2.62. The van der Waals surface area contributed by atoms with E-state index in [1.807, 2.05) is 30.9 Å². The maximum Gasteiger partial charge on any atom is 0.270 e. The van der Waals surface area contributed by atoms with Crippen molar-refractivity contribution in [1.29, 1.82) is 0 Å². The first-order valence-electron chi connectivity index (χ1n) is 8.36. The number of rotatable bonds is 5. The molecule has 2 aromatic rings. The summed E-state index contributed by atoms with van der Waals surface area (Å²) in [5.74, 6) is 0.117. The number of furan rings is 1. The van der Waals surface area contributed by atoms with Gasteiger partial charge in [0, 0.05) is 19.2 Å². The van der Waals surface area contributed by atoms with Crippen LogP contribution in [0.25, 0.3) is 6.08 Å². The summed E-state index contributed by atoms with van der Waals surface area (Å²) in [5.41, 5.74) is 0.569. The number of hydrogen-bond acceptors (Lipinski definition) is 5. The lowest BCUT2D eigenvalue weighted by Crippen LogP contribution is -2.54. The monoisotopic (exact) mass is 369 g/mol. The molecule has 2 heterocycles. The molecular weight excluding hydrogens is 350 g/mol. The van der Waals surface area contributed by atoms with Crippen molar-refractivity contribution < 1.29 is 14.0 Å². The number of nitrogens with zero attached hydrogens (tertiary/aromatic N) is 2. The van der Waals surface area contributed by atoms with Crippen LogP contribution in [-0.2, 0) is 9.59 Å². The fourth-order valence-electron chi connectivity index (χ4n) is 2.74. The predicted molar refractivity (Wildman–Crippen MR) is 105 cm³/mol. The van der Waals surface area contributed by atoms with Crippen molar-refractivity contribution >= 4 is 46.8 Å². The van der Waals surface area contributed by atoms with E-state index in [1.54, 1.807) is 30.3 Å². The van der Waals surface area contributed by atoms with E-state index in [0.29, 0.717) is 17.3 Å². The molecule has 1 aliphatic rings. The van der Waals surface area contributed by atoms with E-state index in [-0.39, 0.29) is 10.7 Å². The van der Waals surface area contributed by atoms with Crippen LogP contribution in [0.15, 0.2) is 52.5 Å². The van der Waals surface area contributed by atoms with Crippen molar-refractivity contribution in [3.05, 3.63) is 53.8 Å². The third kappa shape index (κ3) is 3.39. The van der Waals surface area contributed by atoms with Crippen LogP contribution in [-0.4, -0.2) is 30.0 Å². The molecule has 3 rings (SSSR count). The molecule has 26 heavy (non-hydrogen) atoms. The maximum absolute atomic E-state index is 12.9. The molecule has 2 amide bonds. The number of amides is 2. The molecule has 0 unspecified atom stereocenters. The topological polar surface area (TPSA) is 65.8 Å². The lowest BCUT2D eigenvalue weighted by atomic mass is 10.1. The second-order valence-corrected chi connectivity index (χ2v) is 6.03. The summed E-state index contributed by atoms with van der Waals surface area (Å²) < 4.78 is 5.76. The van der Waals surface area contributed by atoms with Gasteiger partial charge in [0.05, 0.1) is 5.69 Å². The molecule has 0 aliphatic carbocycles. The van der Waals surface area contributed by atoms with Crippen LogP contribution in [0.5, 0.6) is 0 Å². The Hall–Kier alpha value is -2.93. The molecule has 0 radical (unpaired) electrons. The maximum atomic E-state index is 12.9. The minimum atomic E-state index is -0.534. The average molecular weight is 369 g/mol. The fraction of sp³-hybridized carbons (Fsp3) is 0.211. The van der Waals surface area contributed by atoms with Gasteiger partial charge in [0.25, 0.3) is 11.8 Å². The van der Waals surface area contributed by atoms with Gasteiger partial charge in [0.15, 0.2) is 11.0 Å². The van der Waals surface area contributed by atoms with E-state index in [0.717, 1.165) is 13.1 Å². The molecular formula is C19H19N3O3S. The Morgan fingerprint density at radius 3 is 2.46 bits per heavy atom. The fourth-order valence-corrected chi connectivity index (χ4v) is 3.02. The lowest BCUT2D eigenvalue weighted by Gasteiger charge is -2.28. The number of carbonyl (C=O) groups excluding carboxylic acids is 2. The molecule has 6 nitrogen and oxygen atoms in total. The van der Waals surface area contributed by atoms with E-state index >= 15 is 0 Å². The second-order valence-electron chi connectivity index (χ2n) is 5.64. The van der Waals surface area contributed by atoms with Crippen molar-refractivity contribution in [1.82, 2.24) is 5.32 Å². The third-order valence-electron chi connectivity index (χ3n) is 4.09. The van der Waals surface area contributed by atoms with E-state index in [9.17, 15) is 9.59 Å². The largest absolute Gasteiger partial charge is 0.441 e. The van der Waals surface area contributed by atoms with Crippen molar-refractivity contribution in [3.63, 3.8) is 0 Å². The molecule has 1 aliphatic heterocycles. The van der Waals surface area contributed by atoms with Gasteiger partial charge in [-0.1, -0.05) is 18.2 Å². The van der Waals surface area contributed by atoms with Crippen molar-refractivity contribution in [2.24, 2.45) is 0 Å². The van der Waals surface area contributed by atoms with Crippen LogP contribution in [0.3, 0.4) is 0 Å². The number of nitrogens with one attached hydrogen (secondary N) is 1. The molecule has 0 bridgehead atoms. The molecule has 1 aromatic heterocycles. The highest BCUT2D eigenvalue weighted by atomic mass is 32.1. The zero-order valence-corrected chi connectivity index (χ0v) is 15.4. The van der Waals surface area contributed by atoms with Crippen molar-refractivity contribution in [2.75, 3.05) is 22.9 Å². The van der Waals surface area contributed by atoms with Gasteiger partial charge in [0.2, 0.25) is 0 Å². The molecule has 0 spiro atoms. The van der Waals surface area contributed by atoms with E-state index in [1.165, 1.54) is 11.0 Å². The molecule has 134 valence electrons. The molecule has 1 saturated heterocycles. The van der Waals surface area contributed by atoms with Crippen molar-refractivity contribution in [2.45, 2.75) is 13.8 Å². The molecule has 0 atom stereocenters. The molecule has 1 aromatic carbocycles. The summed E-state index contributed by atoms with van der Waals surface area (Å²) in [6.07, 6.45) is 1.45. The van der Waals surface area contributed by atoms with Gasteiger partial charge in [-0.2, -0.15) is 0 Å². The third-order valence-corrected chi connectivity index (χ3v) is 4.38. The van der Waals surface area contributed by atoms with Gasteiger partial charge in [-0.25, -0.2) is 0 Å². The van der Waals surface area contributed by atoms with Crippen LogP contribution in [0.4, 0.5) is 11.6 Å². The highest BCUT2D eigenvalue weighted by Gasteiger charge is 2.34. The average Bonchev–Trinajstić information content (AvgIpc) is 3.09. The van der Waals surface area contributed by atoms with Crippen LogP contribution in [0.1, 0.15) is 19.6 Å². The second kappa shape index (κ2) is 7.53. The first kappa shape index (κ1) is 17.9. The standard InChI is InChI=1S/C19H19N3O3S/c1-3-21(4-2)16-11-10-14(25-16)12-15-17(23)20-19(26)22(18(15)24)13-8-6-5-7-9-13/h5-12H,3-4H2,1-2H3,(H,20,23,26)/b15-12+. The number of carbonyl (C=O) groups is 2. The Kier molecular flexibility index (Phi) is 5.18.